The second-order valence-electron chi connectivity index (χ2n) is 6.47. The van der Waals surface area contributed by atoms with E-state index in [1.54, 1.807) is 17.8 Å². The number of amides is 1. The fourth-order valence-electron chi connectivity index (χ4n) is 3.63. The molecule has 0 fully saturated rings. The SMILES string of the molecule is COc1cnc(C(=O)N2CCc3[nH]c4c(Cl)c(Cl)ccc4c3C2CSC)nc1. The highest BCUT2D eigenvalue weighted by molar-refractivity contribution is 7.98. The lowest BCUT2D eigenvalue weighted by molar-refractivity contribution is 0.0669. The predicted octanol–water partition coefficient (Wildman–Crippen LogP) is 4.38. The third kappa shape index (κ3) is 3.21. The molecule has 0 saturated carbocycles. The normalized spacial score (nSPS) is 16.3. The topological polar surface area (TPSA) is 71.1 Å². The van der Waals surface area contributed by atoms with Gasteiger partial charge in [0.1, 0.15) is 0 Å². The van der Waals surface area contributed by atoms with Gasteiger partial charge in [-0.3, -0.25) is 4.79 Å². The van der Waals surface area contributed by atoms with Gasteiger partial charge in [0, 0.05) is 35.4 Å². The number of hydrogen-bond donors (Lipinski definition) is 1. The van der Waals surface area contributed by atoms with Crippen molar-refractivity contribution in [2.45, 2.75) is 12.5 Å². The molecule has 6 nitrogen and oxygen atoms in total. The van der Waals surface area contributed by atoms with Crippen LogP contribution in [0.5, 0.6) is 5.75 Å². The van der Waals surface area contributed by atoms with E-state index in [1.807, 2.05) is 17.2 Å². The Morgan fingerprint density at radius 1 is 1.36 bits per heavy atom. The van der Waals surface area contributed by atoms with E-state index in [4.69, 9.17) is 27.9 Å². The molecule has 1 aromatic carbocycles. The quantitative estimate of drug-likeness (QED) is 0.656. The molecule has 4 rings (SSSR count). The van der Waals surface area contributed by atoms with Crippen molar-refractivity contribution in [2.24, 2.45) is 0 Å². The Kier molecular flexibility index (Phi) is 5.40. The molecule has 3 heterocycles. The number of H-pyrrole nitrogens is 1. The maximum Gasteiger partial charge on any atom is 0.292 e. The fourth-order valence-corrected chi connectivity index (χ4v) is 4.67. The van der Waals surface area contributed by atoms with Crippen LogP contribution in [0.2, 0.25) is 10.0 Å². The minimum atomic E-state index is -0.193. The van der Waals surface area contributed by atoms with Crippen molar-refractivity contribution in [3.05, 3.63) is 51.7 Å². The molecule has 1 aliphatic heterocycles. The van der Waals surface area contributed by atoms with Crippen molar-refractivity contribution in [3.63, 3.8) is 0 Å². The van der Waals surface area contributed by atoms with Crippen LogP contribution in [0.1, 0.15) is 27.9 Å². The van der Waals surface area contributed by atoms with E-state index in [0.29, 0.717) is 28.8 Å². The number of carbonyl (C=O) groups excluding carboxylic acids is 1. The molecule has 1 amide bonds. The van der Waals surface area contributed by atoms with Crippen LogP contribution in [0, 0.1) is 0 Å². The van der Waals surface area contributed by atoms with Crippen molar-refractivity contribution >= 4 is 51.8 Å². The van der Waals surface area contributed by atoms with E-state index in [-0.39, 0.29) is 17.8 Å². The number of benzene rings is 1. The highest BCUT2D eigenvalue weighted by atomic mass is 35.5. The zero-order valence-electron chi connectivity index (χ0n) is 15.3. The van der Waals surface area contributed by atoms with E-state index in [9.17, 15) is 4.79 Å². The molecule has 146 valence electrons. The minimum absolute atomic E-state index is 0.108. The second kappa shape index (κ2) is 7.81. The number of aromatic nitrogens is 3. The predicted molar refractivity (Wildman–Crippen MR) is 113 cm³/mol. The molecular formula is C19H18Cl2N4O2S. The van der Waals surface area contributed by atoms with E-state index in [0.717, 1.165) is 27.9 Å². The number of methoxy groups -OCH3 is 1. The summed E-state index contributed by atoms with van der Waals surface area (Å²) < 4.78 is 5.08. The smallest absolute Gasteiger partial charge is 0.292 e. The summed E-state index contributed by atoms with van der Waals surface area (Å²) in [5.41, 5.74) is 3.01. The van der Waals surface area contributed by atoms with Crippen molar-refractivity contribution < 1.29 is 9.53 Å². The van der Waals surface area contributed by atoms with E-state index in [1.165, 1.54) is 19.5 Å². The third-order valence-corrected chi connectivity index (χ3v) is 6.39. The van der Waals surface area contributed by atoms with Gasteiger partial charge in [0.05, 0.1) is 41.1 Å². The highest BCUT2D eigenvalue weighted by Crippen LogP contribution is 2.41. The average Bonchev–Trinajstić information content (AvgIpc) is 3.10. The van der Waals surface area contributed by atoms with Crippen LogP contribution in [0.4, 0.5) is 0 Å². The Bertz CT molecular complexity index is 1040. The largest absolute Gasteiger partial charge is 0.494 e. The first-order chi connectivity index (χ1) is 13.5. The zero-order valence-corrected chi connectivity index (χ0v) is 17.7. The Hall–Kier alpha value is -1.96. The van der Waals surface area contributed by atoms with Crippen LogP contribution in [0.3, 0.4) is 0 Å². The summed E-state index contributed by atoms with van der Waals surface area (Å²) >= 11 is 14.3. The Balaban J connectivity index is 1.77. The number of carbonyl (C=O) groups is 1. The fraction of sp³-hybridized carbons (Fsp3) is 0.316. The number of ether oxygens (including phenoxy) is 1. The van der Waals surface area contributed by atoms with Gasteiger partial charge in [0.25, 0.3) is 5.91 Å². The lowest BCUT2D eigenvalue weighted by Crippen LogP contribution is -2.41. The van der Waals surface area contributed by atoms with Gasteiger partial charge in [0.15, 0.2) is 5.75 Å². The van der Waals surface area contributed by atoms with Crippen LogP contribution in [0.15, 0.2) is 24.5 Å². The first-order valence-electron chi connectivity index (χ1n) is 8.69. The van der Waals surface area contributed by atoms with Gasteiger partial charge < -0.3 is 14.6 Å². The molecule has 3 aromatic rings. The van der Waals surface area contributed by atoms with Gasteiger partial charge in [-0.05, 0) is 12.3 Å². The highest BCUT2D eigenvalue weighted by Gasteiger charge is 2.35. The summed E-state index contributed by atoms with van der Waals surface area (Å²) in [6, 6.07) is 3.65. The summed E-state index contributed by atoms with van der Waals surface area (Å²) in [5.74, 6) is 1.24. The van der Waals surface area contributed by atoms with E-state index < -0.39 is 0 Å². The van der Waals surface area contributed by atoms with Gasteiger partial charge in [-0.25, -0.2) is 9.97 Å². The molecule has 1 aliphatic rings. The maximum absolute atomic E-state index is 13.2. The van der Waals surface area contributed by atoms with E-state index >= 15 is 0 Å². The second-order valence-corrected chi connectivity index (χ2v) is 8.16. The number of thioether (sulfide) groups is 1. The lowest BCUT2D eigenvalue weighted by Gasteiger charge is -2.35. The zero-order chi connectivity index (χ0) is 19.8. The monoisotopic (exact) mass is 436 g/mol. The molecular weight excluding hydrogens is 419 g/mol. The van der Waals surface area contributed by atoms with Crippen molar-refractivity contribution in [3.8, 4) is 5.75 Å². The third-order valence-electron chi connectivity index (χ3n) is 4.94. The van der Waals surface area contributed by atoms with Crippen LogP contribution in [-0.2, 0) is 6.42 Å². The van der Waals surface area contributed by atoms with E-state index in [2.05, 4.69) is 15.0 Å². The molecule has 0 bridgehead atoms. The van der Waals surface area contributed by atoms with Crippen LogP contribution < -0.4 is 4.74 Å². The van der Waals surface area contributed by atoms with Crippen LogP contribution >= 0.6 is 35.0 Å². The number of fused-ring (bicyclic) bond motifs is 3. The Labute approximate surface area is 176 Å². The summed E-state index contributed by atoms with van der Waals surface area (Å²) in [6.07, 6.45) is 5.74. The van der Waals surface area contributed by atoms with Crippen LogP contribution in [-0.4, -0.2) is 51.4 Å². The standard InChI is InChI=1S/C19H18Cl2N4O2S/c1-27-10-7-22-18(23-8-10)19(26)25-6-5-13-15(14(25)9-28-2)11-3-4-12(20)16(21)17(11)24-13/h3-4,7-8,14,24H,5-6,9H2,1-2H3. The number of halogens is 2. The molecule has 0 saturated heterocycles. The number of nitrogens with zero attached hydrogens (tertiary/aromatic N) is 3. The maximum atomic E-state index is 13.2. The lowest BCUT2D eigenvalue weighted by atomic mass is 9.96. The van der Waals surface area contributed by atoms with Gasteiger partial charge in [-0.1, -0.05) is 29.3 Å². The first-order valence-corrected chi connectivity index (χ1v) is 10.8. The molecule has 9 heteroatoms. The van der Waals surface area contributed by atoms with Gasteiger partial charge in [0.2, 0.25) is 5.82 Å². The number of hydrogen-bond acceptors (Lipinski definition) is 5. The molecule has 1 unspecified atom stereocenters. The van der Waals surface area contributed by atoms with Gasteiger partial charge >= 0.3 is 0 Å². The van der Waals surface area contributed by atoms with Crippen molar-refractivity contribution in [1.29, 1.82) is 0 Å². The number of aromatic amines is 1. The summed E-state index contributed by atoms with van der Waals surface area (Å²) in [5, 5.41) is 2.01. The summed E-state index contributed by atoms with van der Waals surface area (Å²) in [7, 11) is 1.54. The molecule has 0 radical (unpaired) electrons. The molecule has 2 aromatic heterocycles. The molecule has 1 atom stereocenters. The molecule has 0 aliphatic carbocycles. The van der Waals surface area contributed by atoms with Crippen molar-refractivity contribution in [1.82, 2.24) is 19.9 Å². The number of nitrogens with one attached hydrogen (secondary N) is 1. The first kappa shape index (κ1) is 19.4. The summed E-state index contributed by atoms with van der Waals surface area (Å²) in [6.45, 7) is 0.574. The summed E-state index contributed by atoms with van der Waals surface area (Å²) in [4.78, 5) is 26.8. The molecule has 28 heavy (non-hydrogen) atoms. The minimum Gasteiger partial charge on any atom is -0.494 e. The molecule has 0 spiro atoms. The average molecular weight is 437 g/mol. The molecule has 1 N–H and O–H groups in total. The van der Waals surface area contributed by atoms with Crippen LogP contribution in [0.25, 0.3) is 10.9 Å². The number of rotatable bonds is 4. The Morgan fingerprint density at radius 2 is 2.11 bits per heavy atom. The van der Waals surface area contributed by atoms with Gasteiger partial charge in [-0.2, -0.15) is 11.8 Å². The van der Waals surface area contributed by atoms with Crippen molar-refractivity contribution in [2.75, 3.05) is 25.7 Å². The Morgan fingerprint density at radius 3 is 2.79 bits per heavy atom. The van der Waals surface area contributed by atoms with Gasteiger partial charge in [-0.15, -0.1) is 0 Å².